The molecule has 164 valence electrons. The number of hydrogen-bond donors (Lipinski definition) is 3. The van der Waals surface area contributed by atoms with Crippen molar-refractivity contribution in [3.63, 3.8) is 0 Å². The second-order valence-corrected chi connectivity index (χ2v) is 6.70. The SMILES string of the molecule is Cc1ccc(NC(=O)C(=O)NCc2ccc(/C=N\NC(=O)COc3ccccc3)o2)cc1. The van der Waals surface area contributed by atoms with Crippen LogP contribution in [-0.4, -0.2) is 30.5 Å². The smallest absolute Gasteiger partial charge is 0.313 e. The molecule has 0 atom stereocenters. The molecule has 0 aliphatic heterocycles. The maximum atomic E-state index is 12.0. The van der Waals surface area contributed by atoms with Gasteiger partial charge in [0.05, 0.1) is 12.8 Å². The van der Waals surface area contributed by atoms with Crippen LogP contribution in [0.15, 0.2) is 76.2 Å². The number of ether oxygens (including phenoxy) is 1. The van der Waals surface area contributed by atoms with E-state index in [0.717, 1.165) is 5.56 Å². The van der Waals surface area contributed by atoms with Gasteiger partial charge in [-0.1, -0.05) is 35.9 Å². The van der Waals surface area contributed by atoms with Crippen molar-refractivity contribution in [3.05, 3.63) is 83.8 Å². The van der Waals surface area contributed by atoms with Crippen LogP contribution in [-0.2, 0) is 20.9 Å². The highest BCUT2D eigenvalue weighted by Gasteiger charge is 2.14. The standard InChI is InChI=1S/C23H22N4O5/c1-16-7-9-17(10-8-16)26-23(30)22(29)24-13-19-11-12-20(32-19)14-25-27-21(28)15-31-18-5-3-2-4-6-18/h2-12,14H,13,15H2,1H3,(H,24,29)(H,26,30)(H,27,28)/b25-14-. The lowest BCUT2D eigenvalue weighted by Crippen LogP contribution is -2.34. The van der Waals surface area contributed by atoms with Gasteiger partial charge in [0, 0.05) is 5.69 Å². The van der Waals surface area contributed by atoms with Gasteiger partial charge in [-0.2, -0.15) is 5.10 Å². The quantitative estimate of drug-likeness (QED) is 0.285. The van der Waals surface area contributed by atoms with Gasteiger partial charge in [-0.3, -0.25) is 14.4 Å². The number of para-hydroxylation sites is 1. The summed E-state index contributed by atoms with van der Waals surface area (Å²) >= 11 is 0. The van der Waals surface area contributed by atoms with E-state index < -0.39 is 17.7 Å². The highest BCUT2D eigenvalue weighted by atomic mass is 16.5. The predicted molar refractivity (Wildman–Crippen MR) is 118 cm³/mol. The maximum Gasteiger partial charge on any atom is 0.313 e. The molecule has 0 saturated carbocycles. The Kier molecular flexibility index (Phi) is 7.74. The third-order valence-corrected chi connectivity index (χ3v) is 4.12. The number of anilines is 1. The number of aryl methyl sites for hydroxylation is 1. The summed E-state index contributed by atoms with van der Waals surface area (Å²) in [6, 6.07) is 19.3. The number of nitrogens with zero attached hydrogens (tertiary/aromatic N) is 1. The molecule has 3 amide bonds. The summed E-state index contributed by atoms with van der Waals surface area (Å²) < 4.78 is 10.8. The Bertz CT molecular complexity index is 1090. The Morgan fingerprint density at radius 3 is 2.47 bits per heavy atom. The summed E-state index contributed by atoms with van der Waals surface area (Å²) in [5.41, 5.74) is 3.90. The van der Waals surface area contributed by atoms with Crippen molar-refractivity contribution >= 4 is 29.6 Å². The van der Waals surface area contributed by atoms with E-state index in [1.165, 1.54) is 6.21 Å². The van der Waals surface area contributed by atoms with Crippen molar-refractivity contribution in [2.75, 3.05) is 11.9 Å². The van der Waals surface area contributed by atoms with E-state index in [2.05, 4.69) is 21.2 Å². The van der Waals surface area contributed by atoms with Crippen molar-refractivity contribution in [2.24, 2.45) is 5.10 Å². The Balaban J connectivity index is 1.39. The Hall–Kier alpha value is -4.40. The van der Waals surface area contributed by atoms with E-state index in [-0.39, 0.29) is 13.2 Å². The third kappa shape index (κ3) is 7.13. The number of rotatable bonds is 8. The maximum absolute atomic E-state index is 12.0. The Morgan fingerprint density at radius 2 is 1.72 bits per heavy atom. The Labute approximate surface area is 184 Å². The van der Waals surface area contributed by atoms with E-state index in [1.807, 2.05) is 25.1 Å². The molecule has 3 N–H and O–H groups in total. The number of benzene rings is 2. The first-order chi connectivity index (χ1) is 15.5. The predicted octanol–water partition coefficient (Wildman–Crippen LogP) is 2.37. The van der Waals surface area contributed by atoms with Gasteiger partial charge in [0.15, 0.2) is 6.61 Å². The van der Waals surface area contributed by atoms with Crippen molar-refractivity contribution in [1.29, 1.82) is 0 Å². The molecule has 0 aliphatic carbocycles. The first kappa shape index (κ1) is 22.3. The van der Waals surface area contributed by atoms with Crippen molar-refractivity contribution in [2.45, 2.75) is 13.5 Å². The highest BCUT2D eigenvalue weighted by Crippen LogP contribution is 2.09. The van der Waals surface area contributed by atoms with Gasteiger partial charge in [0.25, 0.3) is 5.91 Å². The molecule has 0 unspecified atom stereocenters. The lowest BCUT2D eigenvalue weighted by molar-refractivity contribution is -0.136. The zero-order chi connectivity index (χ0) is 22.8. The molecule has 0 radical (unpaired) electrons. The van der Waals surface area contributed by atoms with Gasteiger partial charge in [0.2, 0.25) is 0 Å². The van der Waals surface area contributed by atoms with Crippen LogP contribution >= 0.6 is 0 Å². The van der Waals surface area contributed by atoms with Crippen LogP contribution in [0, 0.1) is 6.92 Å². The molecular weight excluding hydrogens is 412 g/mol. The summed E-state index contributed by atoms with van der Waals surface area (Å²) in [6.45, 7) is 1.77. The van der Waals surface area contributed by atoms with Crippen LogP contribution in [0.3, 0.4) is 0 Å². The van der Waals surface area contributed by atoms with Crippen molar-refractivity contribution < 1.29 is 23.5 Å². The molecule has 9 nitrogen and oxygen atoms in total. The van der Waals surface area contributed by atoms with Crippen LogP contribution in [0.4, 0.5) is 5.69 Å². The molecule has 3 aromatic rings. The average Bonchev–Trinajstić information content (AvgIpc) is 3.26. The van der Waals surface area contributed by atoms with E-state index in [4.69, 9.17) is 9.15 Å². The summed E-state index contributed by atoms with van der Waals surface area (Å²) in [5, 5.41) is 8.79. The first-order valence-corrected chi connectivity index (χ1v) is 9.74. The fourth-order valence-corrected chi connectivity index (χ4v) is 2.50. The minimum atomic E-state index is -0.789. The molecule has 0 aliphatic rings. The molecule has 1 heterocycles. The number of carbonyl (C=O) groups is 3. The summed E-state index contributed by atoms with van der Waals surface area (Å²) in [5.74, 6) is -0.629. The minimum absolute atomic E-state index is 0.0191. The monoisotopic (exact) mass is 434 g/mol. The lowest BCUT2D eigenvalue weighted by Gasteiger charge is -2.05. The number of amides is 3. The Morgan fingerprint density at radius 1 is 0.969 bits per heavy atom. The topological polar surface area (TPSA) is 122 Å². The molecular formula is C23H22N4O5. The first-order valence-electron chi connectivity index (χ1n) is 9.74. The average molecular weight is 434 g/mol. The third-order valence-electron chi connectivity index (χ3n) is 4.12. The van der Waals surface area contributed by atoms with Gasteiger partial charge >= 0.3 is 11.8 Å². The fourth-order valence-electron chi connectivity index (χ4n) is 2.50. The number of furan rings is 1. The van der Waals surface area contributed by atoms with Crippen LogP contribution in [0.5, 0.6) is 5.75 Å². The molecule has 32 heavy (non-hydrogen) atoms. The summed E-state index contributed by atoms with van der Waals surface area (Å²) in [4.78, 5) is 35.6. The second-order valence-electron chi connectivity index (χ2n) is 6.70. The van der Waals surface area contributed by atoms with E-state index in [0.29, 0.717) is 23.0 Å². The largest absolute Gasteiger partial charge is 0.484 e. The number of hydrogen-bond acceptors (Lipinski definition) is 6. The molecule has 1 aromatic heterocycles. The molecule has 0 bridgehead atoms. The minimum Gasteiger partial charge on any atom is -0.484 e. The van der Waals surface area contributed by atoms with E-state index in [9.17, 15) is 14.4 Å². The van der Waals surface area contributed by atoms with Crippen LogP contribution < -0.4 is 20.8 Å². The number of hydrazone groups is 1. The molecule has 9 heteroatoms. The molecule has 0 fully saturated rings. The molecule has 0 saturated heterocycles. The number of carbonyl (C=O) groups excluding carboxylic acids is 3. The van der Waals surface area contributed by atoms with E-state index >= 15 is 0 Å². The zero-order valence-electron chi connectivity index (χ0n) is 17.3. The lowest BCUT2D eigenvalue weighted by atomic mass is 10.2. The van der Waals surface area contributed by atoms with E-state index in [1.54, 1.807) is 48.5 Å². The van der Waals surface area contributed by atoms with Crippen LogP contribution in [0.2, 0.25) is 0 Å². The van der Waals surface area contributed by atoms with Crippen molar-refractivity contribution in [3.8, 4) is 5.75 Å². The normalized spacial score (nSPS) is 10.5. The van der Waals surface area contributed by atoms with Crippen LogP contribution in [0.25, 0.3) is 0 Å². The summed E-state index contributed by atoms with van der Waals surface area (Å²) in [6.07, 6.45) is 1.32. The van der Waals surface area contributed by atoms with Crippen LogP contribution in [0.1, 0.15) is 17.1 Å². The van der Waals surface area contributed by atoms with Gasteiger partial charge < -0.3 is 19.8 Å². The number of nitrogens with one attached hydrogen (secondary N) is 3. The van der Waals surface area contributed by atoms with Gasteiger partial charge in [-0.15, -0.1) is 0 Å². The molecule has 0 spiro atoms. The van der Waals surface area contributed by atoms with Gasteiger partial charge in [0.1, 0.15) is 17.3 Å². The fraction of sp³-hybridized carbons (Fsp3) is 0.130. The molecule has 2 aromatic carbocycles. The van der Waals surface area contributed by atoms with Crippen molar-refractivity contribution in [1.82, 2.24) is 10.7 Å². The highest BCUT2D eigenvalue weighted by molar-refractivity contribution is 6.39. The zero-order valence-corrected chi connectivity index (χ0v) is 17.3. The second kappa shape index (κ2) is 11.1. The van der Waals surface area contributed by atoms with Gasteiger partial charge in [-0.05, 0) is 43.3 Å². The molecule has 3 rings (SSSR count). The van der Waals surface area contributed by atoms with Gasteiger partial charge in [-0.25, -0.2) is 5.43 Å². The summed E-state index contributed by atoms with van der Waals surface area (Å²) in [7, 11) is 0.